The molecular formula is C15H25NO2Si. The third kappa shape index (κ3) is 2.95. The topological polar surface area (TPSA) is 44.5 Å². The molecule has 1 aromatic carbocycles. The van der Waals surface area contributed by atoms with Crippen molar-refractivity contribution in [3.8, 4) is 11.5 Å². The first-order chi connectivity index (χ1) is 8.71. The molecule has 0 aliphatic carbocycles. The van der Waals surface area contributed by atoms with Gasteiger partial charge in [-0.2, -0.15) is 0 Å². The van der Waals surface area contributed by atoms with Crippen molar-refractivity contribution in [3.05, 3.63) is 23.8 Å². The van der Waals surface area contributed by atoms with Crippen LogP contribution in [-0.2, 0) is 0 Å². The van der Waals surface area contributed by atoms with E-state index in [2.05, 4.69) is 39.9 Å². The zero-order valence-corrected chi connectivity index (χ0v) is 13.6. The van der Waals surface area contributed by atoms with Gasteiger partial charge in [0, 0.05) is 18.0 Å². The lowest BCUT2D eigenvalue weighted by atomic mass is 10.0. The number of hydrogen-bond acceptors (Lipinski definition) is 3. The Kier molecular flexibility index (Phi) is 3.67. The second kappa shape index (κ2) is 4.83. The average Bonchev–Trinajstić information content (AvgIpc) is 2.28. The van der Waals surface area contributed by atoms with Crippen molar-refractivity contribution in [3.63, 3.8) is 0 Å². The maximum atomic E-state index is 6.31. The van der Waals surface area contributed by atoms with E-state index < -0.39 is 8.32 Å². The van der Waals surface area contributed by atoms with Gasteiger partial charge < -0.3 is 14.9 Å². The second-order valence-corrected chi connectivity index (χ2v) is 11.5. The molecule has 0 saturated carbocycles. The molecule has 0 radical (unpaired) electrons. The molecule has 2 rings (SSSR count). The van der Waals surface area contributed by atoms with Crippen LogP contribution >= 0.6 is 0 Å². The summed E-state index contributed by atoms with van der Waals surface area (Å²) in [5, 5.41) is 0.196. The largest absolute Gasteiger partial charge is 0.543 e. The van der Waals surface area contributed by atoms with E-state index in [1.807, 2.05) is 12.1 Å². The smallest absolute Gasteiger partial charge is 0.250 e. The van der Waals surface area contributed by atoms with Gasteiger partial charge in [-0.25, -0.2) is 0 Å². The third-order valence-electron chi connectivity index (χ3n) is 4.25. The Morgan fingerprint density at radius 1 is 1.32 bits per heavy atom. The summed E-state index contributed by atoms with van der Waals surface area (Å²) >= 11 is 0. The molecule has 1 aliphatic rings. The van der Waals surface area contributed by atoms with Crippen LogP contribution in [0.2, 0.25) is 18.1 Å². The number of ether oxygens (including phenoxy) is 1. The van der Waals surface area contributed by atoms with Crippen LogP contribution in [0.25, 0.3) is 0 Å². The van der Waals surface area contributed by atoms with Gasteiger partial charge in [-0.3, -0.25) is 0 Å². The molecule has 1 aromatic rings. The average molecular weight is 279 g/mol. The van der Waals surface area contributed by atoms with Crippen molar-refractivity contribution in [2.24, 2.45) is 5.73 Å². The fourth-order valence-electron chi connectivity index (χ4n) is 1.91. The maximum Gasteiger partial charge on any atom is 0.250 e. The van der Waals surface area contributed by atoms with Crippen molar-refractivity contribution >= 4 is 8.32 Å². The number of nitrogens with two attached hydrogens (primary N) is 1. The maximum absolute atomic E-state index is 6.31. The lowest BCUT2D eigenvalue weighted by molar-refractivity contribution is 0.268. The van der Waals surface area contributed by atoms with Crippen molar-refractivity contribution in [2.75, 3.05) is 6.61 Å². The summed E-state index contributed by atoms with van der Waals surface area (Å²) in [5.41, 5.74) is 7.21. The summed E-state index contributed by atoms with van der Waals surface area (Å²) in [6.45, 7) is 11.9. The fraction of sp³-hybridized carbons (Fsp3) is 0.600. The quantitative estimate of drug-likeness (QED) is 0.836. The van der Waals surface area contributed by atoms with Gasteiger partial charge in [-0.05, 0) is 36.3 Å². The molecule has 4 heteroatoms. The van der Waals surface area contributed by atoms with Crippen LogP contribution in [0, 0.1) is 0 Å². The number of fused-ring (bicyclic) bond motifs is 1. The molecule has 0 fully saturated rings. The molecule has 3 nitrogen and oxygen atoms in total. The van der Waals surface area contributed by atoms with Gasteiger partial charge in [0.2, 0.25) is 8.32 Å². The van der Waals surface area contributed by atoms with Gasteiger partial charge >= 0.3 is 0 Å². The normalized spacial score (nSPS) is 19.6. The minimum Gasteiger partial charge on any atom is -0.543 e. The first kappa shape index (κ1) is 14.4. The van der Waals surface area contributed by atoms with Crippen molar-refractivity contribution in [1.29, 1.82) is 0 Å². The minimum atomic E-state index is -1.79. The second-order valence-electron chi connectivity index (χ2n) is 6.81. The zero-order valence-electron chi connectivity index (χ0n) is 12.6. The van der Waals surface area contributed by atoms with Crippen LogP contribution < -0.4 is 14.9 Å². The Labute approximate surface area is 117 Å². The fourth-order valence-corrected chi connectivity index (χ4v) is 2.93. The highest BCUT2D eigenvalue weighted by Gasteiger charge is 2.39. The minimum absolute atomic E-state index is 0.0618. The molecule has 19 heavy (non-hydrogen) atoms. The van der Waals surface area contributed by atoms with E-state index in [0.717, 1.165) is 23.5 Å². The van der Waals surface area contributed by atoms with Crippen molar-refractivity contribution < 1.29 is 9.16 Å². The molecule has 1 aliphatic heterocycles. The monoisotopic (exact) mass is 279 g/mol. The molecule has 2 N–H and O–H groups in total. The molecule has 106 valence electrons. The molecular weight excluding hydrogens is 254 g/mol. The summed E-state index contributed by atoms with van der Waals surface area (Å²) in [7, 11) is -1.79. The number of hydrogen-bond donors (Lipinski definition) is 1. The van der Waals surface area contributed by atoms with E-state index in [9.17, 15) is 0 Å². The Morgan fingerprint density at radius 2 is 2.00 bits per heavy atom. The van der Waals surface area contributed by atoms with Crippen molar-refractivity contribution in [1.82, 2.24) is 0 Å². The molecule has 0 aromatic heterocycles. The van der Waals surface area contributed by atoms with Crippen molar-refractivity contribution in [2.45, 2.75) is 51.4 Å². The van der Waals surface area contributed by atoms with E-state index >= 15 is 0 Å². The summed E-state index contributed by atoms with van der Waals surface area (Å²) in [6.07, 6.45) is 0.872. The molecule has 0 amide bonds. The molecule has 0 bridgehead atoms. The van der Waals surface area contributed by atoms with E-state index in [1.54, 1.807) is 0 Å². The lowest BCUT2D eigenvalue weighted by Gasteiger charge is -2.36. The van der Waals surface area contributed by atoms with Gasteiger partial charge in [0.1, 0.15) is 11.5 Å². The predicted octanol–water partition coefficient (Wildman–Crippen LogP) is 3.85. The SMILES string of the molecule is CC(C)(C)[Si](C)(C)Oc1ccc2c(c1)[C@H](N)CCO2. The van der Waals surface area contributed by atoms with Crippen LogP contribution in [0.5, 0.6) is 11.5 Å². The predicted molar refractivity (Wildman–Crippen MR) is 81.3 cm³/mol. The highest BCUT2D eigenvalue weighted by molar-refractivity contribution is 6.74. The van der Waals surface area contributed by atoms with E-state index in [0.29, 0.717) is 6.61 Å². The summed E-state index contributed by atoms with van der Waals surface area (Å²) < 4.78 is 11.9. The van der Waals surface area contributed by atoms with Gasteiger partial charge in [0.25, 0.3) is 0 Å². The molecule has 1 atom stereocenters. The van der Waals surface area contributed by atoms with Gasteiger partial charge in [0.15, 0.2) is 0 Å². The third-order valence-corrected chi connectivity index (χ3v) is 8.60. The van der Waals surface area contributed by atoms with Gasteiger partial charge in [-0.1, -0.05) is 20.8 Å². The Morgan fingerprint density at radius 3 is 2.63 bits per heavy atom. The zero-order chi connectivity index (χ0) is 14.3. The van der Waals surface area contributed by atoms with E-state index in [4.69, 9.17) is 14.9 Å². The first-order valence-corrected chi connectivity index (χ1v) is 9.83. The van der Waals surface area contributed by atoms with Crippen LogP contribution in [0.15, 0.2) is 18.2 Å². The molecule has 0 saturated heterocycles. The van der Waals surface area contributed by atoms with Crippen LogP contribution in [-0.4, -0.2) is 14.9 Å². The summed E-state index contributed by atoms with van der Waals surface area (Å²) in [5.74, 6) is 1.83. The van der Waals surface area contributed by atoms with Crippen LogP contribution in [0.1, 0.15) is 38.8 Å². The molecule has 0 unspecified atom stereocenters. The van der Waals surface area contributed by atoms with E-state index in [1.165, 1.54) is 0 Å². The standard InChI is InChI=1S/C15H25NO2Si/c1-15(2,3)19(4,5)18-11-6-7-14-12(10-11)13(16)8-9-17-14/h6-7,10,13H,8-9,16H2,1-5H3/t13-/m1/s1. The number of rotatable bonds is 2. The first-order valence-electron chi connectivity index (χ1n) is 6.92. The Hall–Kier alpha value is -1.00. The Balaban J connectivity index is 2.26. The summed E-state index contributed by atoms with van der Waals surface area (Å²) in [4.78, 5) is 0. The van der Waals surface area contributed by atoms with Crippen LogP contribution in [0.4, 0.5) is 0 Å². The van der Waals surface area contributed by atoms with Gasteiger partial charge in [0.05, 0.1) is 6.61 Å². The molecule has 0 spiro atoms. The van der Waals surface area contributed by atoms with E-state index in [-0.39, 0.29) is 11.1 Å². The Bertz CT molecular complexity index is 466. The molecule has 1 heterocycles. The lowest BCUT2D eigenvalue weighted by Crippen LogP contribution is -2.43. The highest BCUT2D eigenvalue weighted by atomic mass is 28.4. The highest BCUT2D eigenvalue weighted by Crippen LogP contribution is 2.39. The summed E-state index contributed by atoms with van der Waals surface area (Å²) in [6, 6.07) is 6.10. The van der Waals surface area contributed by atoms with Gasteiger partial charge in [-0.15, -0.1) is 0 Å². The number of benzene rings is 1. The van der Waals surface area contributed by atoms with Crippen LogP contribution in [0.3, 0.4) is 0 Å².